The van der Waals surface area contributed by atoms with E-state index in [9.17, 15) is 13.6 Å². The van der Waals surface area contributed by atoms with Crippen molar-refractivity contribution in [2.24, 2.45) is 0 Å². The molecule has 5 heteroatoms. The lowest BCUT2D eigenvalue weighted by Gasteiger charge is -2.09. The first-order valence-electron chi connectivity index (χ1n) is 7.77. The second-order valence-electron chi connectivity index (χ2n) is 5.88. The van der Waals surface area contributed by atoms with Crippen molar-refractivity contribution in [3.63, 3.8) is 0 Å². The average molecular weight is 328 g/mol. The van der Waals surface area contributed by atoms with E-state index in [1.165, 1.54) is 12.1 Å². The van der Waals surface area contributed by atoms with Gasteiger partial charge in [-0.25, -0.2) is 13.6 Å². The molecule has 0 spiro atoms. The van der Waals surface area contributed by atoms with Crippen molar-refractivity contribution in [3.8, 4) is 5.75 Å². The van der Waals surface area contributed by atoms with Crippen molar-refractivity contribution in [2.45, 2.75) is 25.9 Å². The summed E-state index contributed by atoms with van der Waals surface area (Å²) < 4.78 is 37.5. The Morgan fingerprint density at radius 1 is 1.04 bits per heavy atom. The Morgan fingerprint density at radius 2 is 1.88 bits per heavy atom. The minimum Gasteiger partial charge on any atom is -0.489 e. The molecule has 1 aliphatic carbocycles. The van der Waals surface area contributed by atoms with Crippen LogP contribution in [0.2, 0.25) is 0 Å². The molecule has 0 aliphatic heterocycles. The van der Waals surface area contributed by atoms with Crippen molar-refractivity contribution in [1.29, 1.82) is 0 Å². The van der Waals surface area contributed by atoms with Gasteiger partial charge in [0.05, 0.1) is 0 Å². The lowest BCUT2D eigenvalue weighted by Crippen LogP contribution is -2.07. The van der Waals surface area contributed by atoms with Crippen LogP contribution >= 0.6 is 0 Å². The first-order chi connectivity index (χ1) is 11.6. The Balaban J connectivity index is 1.64. The average Bonchev–Trinajstić information content (AvgIpc) is 3.04. The summed E-state index contributed by atoms with van der Waals surface area (Å²) in [6.45, 7) is -0.0349. The van der Waals surface area contributed by atoms with Gasteiger partial charge in [0.1, 0.15) is 29.6 Å². The van der Waals surface area contributed by atoms with E-state index in [0.29, 0.717) is 11.3 Å². The Kier molecular flexibility index (Phi) is 3.56. The quantitative estimate of drug-likeness (QED) is 0.678. The van der Waals surface area contributed by atoms with E-state index in [4.69, 9.17) is 9.15 Å². The van der Waals surface area contributed by atoms with Crippen LogP contribution in [0.3, 0.4) is 0 Å². The molecule has 2 aromatic carbocycles. The zero-order valence-electron chi connectivity index (χ0n) is 12.8. The lowest BCUT2D eigenvalue weighted by atomic mass is 10.1. The largest absolute Gasteiger partial charge is 0.489 e. The summed E-state index contributed by atoms with van der Waals surface area (Å²) >= 11 is 0. The van der Waals surface area contributed by atoms with E-state index in [-0.39, 0.29) is 17.8 Å². The summed E-state index contributed by atoms with van der Waals surface area (Å²) in [7, 11) is 0. The second-order valence-corrected chi connectivity index (χ2v) is 5.88. The van der Waals surface area contributed by atoms with Crippen LogP contribution in [0, 0.1) is 11.6 Å². The minimum absolute atomic E-state index is 0.0349. The molecule has 0 saturated heterocycles. The van der Waals surface area contributed by atoms with Gasteiger partial charge >= 0.3 is 5.63 Å². The number of hydrogen-bond donors (Lipinski definition) is 0. The monoisotopic (exact) mass is 328 g/mol. The molecular weight excluding hydrogens is 314 g/mol. The predicted octanol–water partition coefficient (Wildman–Crippen LogP) is 4.14. The molecular formula is C19H14F2O3. The van der Waals surface area contributed by atoms with Gasteiger partial charge in [0.2, 0.25) is 0 Å². The molecule has 0 amide bonds. The van der Waals surface area contributed by atoms with Crippen LogP contribution in [-0.2, 0) is 19.4 Å². The molecule has 0 N–H and O–H groups in total. The summed E-state index contributed by atoms with van der Waals surface area (Å²) in [5.74, 6) is -0.815. The van der Waals surface area contributed by atoms with Gasteiger partial charge in [-0.3, -0.25) is 0 Å². The zero-order valence-corrected chi connectivity index (χ0v) is 12.8. The van der Waals surface area contributed by atoms with E-state index in [1.54, 1.807) is 12.1 Å². The molecule has 0 unspecified atom stereocenters. The maximum Gasteiger partial charge on any atom is 0.339 e. The van der Waals surface area contributed by atoms with Crippen LogP contribution in [0.15, 0.2) is 45.6 Å². The molecule has 1 aliphatic rings. The number of halogens is 2. The molecule has 3 aromatic rings. The molecule has 0 bridgehead atoms. The number of benzene rings is 2. The van der Waals surface area contributed by atoms with Gasteiger partial charge in [-0.2, -0.15) is 0 Å². The van der Waals surface area contributed by atoms with Crippen molar-refractivity contribution >= 4 is 11.0 Å². The minimum atomic E-state index is -0.653. The molecule has 0 radical (unpaired) electrons. The summed E-state index contributed by atoms with van der Waals surface area (Å²) in [4.78, 5) is 12.0. The van der Waals surface area contributed by atoms with E-state index >= 15 is 0 Å². The molecule has 3 nitrogen and oxygen atoms in total. The van der Waals surface area contributed by atoms with Gasteiger partial charge in [0.25, 0.3) is 0 Å². The third-order valence-electron chi connectivity index (χ3n) is 4.35. The van der Waals surface area contributed by atoms with Crippen molar-refractivity contribution in [2.75, 3.05) is 0 Å². The Labute approximate surface area is 136 Å². The number of aryl methyl sites for hydroxylation is 1. The van der Waals surface area contributed by atoms with Gasteiger partial charge in [0, 0.05) is 28.6 Å². The first kappa shape index (κ1) is 14.9. The van der Waals surface area contributed by atoms with Gasteiger partial charge in [-0.05, 0) is 49.1 Å². The van der Waals surface area contributed by atoms with Gasteiger partial charge in [-0.15, -0.1) is 0 Å². The molecule has 1 aromatic heterocycles. The fraction of sp³-hybridized carbons (Fsp3) is 0.211. The third-order valence-corrected chi connectivity index (χ3v) is 4.35. The number of ether oxygens (including phenoxy) is 1. The van der Waals surface area contributed by atoms with Crippen LogP contribution in [0.25, 0.3) is 11.0 Å². The number of rotatable bonds is 3. The highest BCUT2D eigenvalue weighted by atomic mass is 19.1. The molecule has 122 valence electrons. The fourth-order valence-corrected chi connectivity index (χ4v) is 3.15. The van der Waals surface area contributed by atoms with Crippen molar-refractivity contribution < 1.29 is 17.9 Å². The SMILES string of the molecule is O=c1oc2cc(OCc3ccc(F)cc3F)ccc2c2c1CCC2. The standard InChI is InChI=1S/C19H14F2O3/c20-12-5-4-11(17(21)8-12)10-23-13-6-7-15-14-2-1-3-16(14)19(22)24-18(15)9-13/h4-9H,1-3,10H2. The molecule has 0 saturated carbocycles. The third kappa shape index (κ3) is 2.56. The number of hydrogen-bond acceptors (Lipinski definition) is 3. The zero-order chi connectivity index (χ0) is 16.7. The normalized spacial score (nSPS) is 13.2. The molecule has 4 rings (SSSR count). The van der Waals surface area contributed by atoms with Crippen LogP contribution in [0.4, 0.5) is 8.78 Å². The van der Waals surface area contributed by atoms with Gasteiger partial charge < -0.3 is 9.15 Å². The molecule has 1 heterocycles. The number of fused-ring (bicyclic) bond motifs is 3. The van der Waals surface area contributed by atoms with Crippen molar-refractivity contribution in [1.82, 2.24) is 0 Å². The summed E-state index contributed by atoms with van der Waals surface area (Å²) in [6, 6.07) is 8.61. The highest BCUT2D eigenvalue weighted by Gasteiger charge is 2.19. The first-order valence-corrected chi connectivity index (χ1v) is 7.77. The maximum atomic E-state index is 13.6. The lowest BCUT2D eigenvalue weighted by molar-refractivity contribution is 0.299. The van der Waals surface area contributed by atoms with Crippen molar-refractivity contribution in [3.05, 3.63) is 75.1 Å². The van der Waals surface area contributed by atoms with Gasteiger partial charge in [-0.1, -0.05) is 0 Å². The van der Waals surface area contributed by atoms with Crippen LogP contribution in [0.1, 0.15) is 23.1 Å². The highest BCUT2D eigenvalue weighted by molar-refractivity contribution is 5.83. The van der Waals surface area contributed by atoms with Crippen LogP contribution in [-0.4, -0.2) is 0 Å². The molecule has 0 fully saturated rings. The fourth-order valence-electron chi connectivity index (χ4n) is 3.15. The maximum absolute atomic E-state index is 13.6. The Bertz CT molecular complexity index is 992. The van der Waals surface area contributed by atoms with Crippen LogP contribution in [0.5, 0.6) is 5.75 Å². The highest BCUT2D eigenvalue weighted by Crippen LogP contribution is 2.29. The van der Waals surface area contributed by atoms with Gasteiger partial charge in [0.15, 0.2) is 0 Å². The Morgan fingerprint density at radius 3 is 2.71 bits per heavy atom. The van der Waals surface area contributed by atoms with E-state index in [1.807, 2.05) is 6.07 Å². The Hall–Kier alpha value is -2.69. The second kappa shape index (κ2) is 5.74. The summed E-state index contributed by atoms with van der Waals surface area (Å²) in [5, 5.41) is 0.919. The topological polar surface area (TPSA) is 39.4 Å². The molecule has 0 atom stereocenters. The summed E-state index contributed by atoms with van der Waals surface area (Å²) in [6.07, 6.45) is 2.59. The van der Waals surface area contributed by atoms with E-state index < -0.39 is 11.6 Å². The predicted molar refractivity (Wildman–Crippen MR) is 85.2 cm³/mol. The smallest absolute Gasteiger partial charge is 0.339 e. The molecule has 24 heavy (non-hydrogen) atoms. The summed E-state index contributed by atoms with van der Waals surface area (Å²) in [5.41, 5.74) is 2.25. The van der Waals surface area contributed by atoms with E-state index in [2.05, 4.69) is 0 Å². The van der Waals surface area contributed by atoms with E-state index in [0.717, 1.165) is 41.8 Å². The van der Waals surface area contributed by atoms with Crippen LogP contribution < -0.4 is 10.4 Å².